The van der Waals surface area contributed by atoms with Crippen LogP contribution in [0.25, 0.3) is 0 Å². The number of halogens is 1. The van der Waals surface area contributed by atoms with E-state index in [1.807, 2.05) is 13.8 Å². The Balaban J connectivity index is 3.13. The lowest BCUT2D eigenvalue weighted by atomic mass is 9.86. The lowest BCUT2D eigenvalue weighted by molar-refractivity contribution is -0.132. The molecule has 0 aromatic rings. The number of rotatable bonds is 3. The third kappa shape index (κ3) is 2.88. The third-order valence-corrected chi connectivity index (χ3v) is 3.32. The summed E-state index contributed by atoms with van der Waals surface area (Å²) in [7, 11) is 1.26. The van der Waals surface area contributed by atoms with Crippen LogP contribution in [-0.4, -0.2) is 29.9 Å². The number of hydrogen-bond acceptors (Lipinski definition) is 4. The molecule has 0 unspecified atom stereocenters. The second kappa shape index (κ2) is 5.87. The van der Waals surface area contributed by atoms with Crippen LogP contribution < -0.4 is 0 Å². The number of hydrogen-bond donors (Lipinski definition) is 1. The number of carbonyl (C=O) groups excluding carboxylic acids is 1. The molecule has 5 heteroatoms. The third-order valence-electron chi connectivity index (χ3n) is 3.00. The number of oxime groups is 1. The number of methoxy groups -OCH3 is 1. The molecular formula is C12H16ClNO3. The number of carbonyl (C=O) groups is 1. The smallest absolute Gasteiger partial charge is 0.360 e. The van der Waals surface area contributed by atoms with Crippen LogP contribution >= 0.6 is 11.6 Å². The van der Waals surface area contributed by atoms with Crippen LogP contribution in [0.5, 0.6) is 0 Å². The minimum atomic E-state index is -0.641. The summed E-state index contributed by atoms with van der Waals surface area (Å²) in [6, 6.07) is 0. The largest absolute Gasteiger partial charge is 0.464 e. The summed E-state index contributed by atoms with van der Waals surface area (Å²) in [5.74, 6) is -0.326. The standard InChI is InChI=1S/C12H16ClNO3/c1-7-4-9(6-13)10(5-8(7)2)11(14-16)12(15)17-3/h16H,4-6H2,1-3H3/b14-11+. The van der Waals surface area contributed by atoms with Crippen molar-refractivity contribution in [2.45, 2.75) is 26.7 Å². The summed E-state index contributed by atoms with van der Waals surface area (Å²) in [5, 5.41) is 12.0. The molecule has 0 amide bonds. The number of allylic oxidation sites excluding steroid dienone is 3. The van der Waals surface area contributed by atoms with Crippen LogP contribution in [-0.2, 0) is 9.53 Å². The van der Waals surface area contributed by atoms with Gasteiger partial charge in [-0.15, -0.1) is 11.6 Å². The van der Waals surface area contributed by atoms with E-state index < -0.39 is 5.97 Å². The van der Waals surface area contributed by atoms with Gasteiger partial charge in [0.1, 0.15) is 0 Å². The predicted molar refractivity (Wildman–Crippen MR) is 66.6 cm³/mol. The first-order valence-electron chi connectivity index (χ1n) is 5.28. The van der Waals surface area contributed by atoms with Gasteiger partial charge in [-0.25, -0.2) is 4.79 Å². The van der Waals surface area contributed by atoms with E-state index in [0.717, 1.165) is 5.57 Å². The minimum absolute atomic E-state index is 0.0463. The number of nitrogens with zero attached hydrogens (tertiary/aromatic N) is 1. The van der Waals surface area contributed by atoms with Gasteiger partial charge in [-0.3, -0.25) is 0 Å². The van der Waals surface area contributed by atoms with Gasteiger partial charge >= 0.3 is 5.97 Å². The van der Waals surface area contributed by atoms with Crippen LogP contribution in [0.1, 0.15) is 26.7 Å². The van der Waals surface area contributed by atoms with Crippen molar-refractivity contribution in [3.05, 3.63) is 22.3 Å². The van der Waals surface area contributed by atoms with Gasteiger partial charge < -0.3 is 9.94 Å². The number of ether oxygens (including phenoxy) is 1. The Hall–Kier alpha value is -1.29. The first-order valence-corrected chi connectivity index (χ1v) is 5.81. The van der Waals surface area contributed by atoms with Crippen molar-refractivity contribution in [1.82, 2.24) is 0 Å². The van der Waals surface area contributed by atoms with Gasteiger partial charge in [-0.1, -0.05) is 16.3 Å². The van der Waals surface area contributed by atoms with Crippen LogP contribution in [0.2, 0.25) is 0 Å². The van der Waals surface area contributed by atoms with Crippen molar-refractivity contribution in [2.24, 2.45) is 5.16 Å². The highest BCUT2D eigenvalue weighted by Gasteiger charge is 2.25. The molecule has 1 aliphatic carbocycles. The molecular weight excluding hydrogens is 242 g/mol. The SMILES string of the molecule is COC(=O)/C(=N/O)C1=C(CCl)CC(C)=C(C)C1. The predicted octanol–water partition coefficient (Wildman–Crippen LogP) is 2.66. The quantitative estimate of drug-likeness (QED) is 0.211. The van der Waals surface area contributed by atoms with E-state index in [4.69, 9.17) is 16.8 Å². The van der Waals surface area contributed by atoms with Crippen LogP contribution in [0.15, 0.2) is 27.4 Å². The van der Waals surface area contributed by atoms with Crippen molar-refractivity contribution < 1.29 is 14.7 Å². The molecule has 0 spiro atoms. The van der Waals surface area contributed by atoms with Crippen LogP contribution in [0.4, 0.5) is 0 Å². The van der Waals surface area contributed by atoms with E-state index in [1.165, 1.54) is 18.3 Å². The molecule has 1 rings (SSSR count). The Bertz CT molecular complexity index is 421. The number of esters is 1. The van der Waals surface area contributed by atoms with E-state index in [9.17, 15) is 4.79 Å². The Morgan fingerprint density at radius 2 is 2.00 bits per heavy atom. The van der Waals surface area contributed by atoms with E-state index >= 15 is 0 Å². The average Bonchev–Trinajstić information content (AvgIpc) is 2.33. The Labute approximate surface area is 106 Å². The molecule has 0 atom stereocenters. The maximum atomic E-state index is 11.5. The van der Waals surface area contributed by atoms with Gasteiger partial charge in [0.25, 0.3) is 0 Å². The van der Waals surface area contributed by atoms with Crippen LogP contribution in [0, 0.1) is 0 Å². The first-order chi connectivity index (χ1) is 8.04. The average molecular weight is 258 g/mol. The first kappa shape index (κ1) is 13.8. The van der Waals surface area contributed by atoms with Gasteiger partial charge in [-0.2, -0.15) is 0 Å². The molecule has 0 fully saturated rings. The highest BCUT2D eigenvalue weighted by atomic mass is 35.5. The summed E-state index contributed by atoms with van der Waals surface area (Å²) in [5.41, 5.74) is 3.95. The van der Waals surface area contributed by atoms with Gasteiger partial charge in [0.2, 0.25) is 0 Å². The van der Waals surface area contributed by atoms with Gasteiger partial charge in [0, 0.05) is 5.88 Å². The Kier molecular flexibility index (Phi) is 4.75. The van der Waals surface area contributed by atoms with E-state index in [2.05, 4.69) is 9.89 Å². The molecule has 0 aliphatic heterocycles. The molecule has 0 heterocycles. The molecule has 0 radical (unpaired) electrons. The topological polar surface area (TPSA) is 58.9 Å². The molecule has 0 saturated carbocycles. The lowest BCUT2D eigenvalue weighted by Gasteiger charge is -2.21. The van der Waals surface area contributed by atoms with Gasteiger partial charge in [0.15, 0.2) is 5.71 Å². The Morgan fingerprint density at radius 3 is 2.47 bits per heavy atom. The minimum Gasteiger partial charge on any atom is -0.464 e. The van der Waals surface area contributed by atoms with Gasteiger partial charge in [0.05, 0.1) is 7.11 Å². The maximum Gasteiger partial charge on any atom is 0.360 e. The normalized spacial score (nSPS) is 17.5. The summed E-state index contributed by atoms with van der Waals surface area (Å²) >= 11 is 5.87. The molecule has 0 aromatic carbocycles. The second-order valence-electron chi connectivity index (χ2n) is 4.07. The van der Waals surface area contributed by atoms with Crippen molar-refractivity contribution in [3.63, 3.8) is 0 Å². The van der Waals surface area contributed by atoms with Crippen molar-refractivity contribution in [3.8, 4) is 0 Å². The molecule has 4 nitrogen and oxygen atoms in total. The van der Waals surface area contributed by atoms with E-state index in [1.54, 1.807) is 0 Å². The number of alkyl halides is 1. The zero-order valence-electron chi connectivity index (χ0n) is 10.2. The molecule has 0 aromatic heterocycles. The van der Waals surface area contributed by atoms with E-state index in [0.29, 0.717) is 24.3 Å². The summed E-state index contributed by atoms with van der Waals surface area (Å²) in [4.78, 5) is 11.5. The van der Waals surface area contributed by atoms with Crippen molar-refractivity contribution in [2.75, 3.05) is 13.0 Å². The van der Waals surface area contributed by atoms with E-state index in [-0.39, 0.29) is 5.71 Å². The zero-order chi connectivity index (χ0) is 13.0. The van der Waals surface area contributed by atoms with Crippen LogP contribution in [0.3, 0.4) is 0 Å². The maximum absolute atomic E-state index is 11.5. The van der Waals surface area contributed by atoms with Crippen molar-refractivity contribution in [1.29, 1.82) is 0 Å². The highest BCUT2D eigenvalue weighted by Crippen LogP contribution is 2.31. The Morgan fingerprint density at radius 1 is 1.41 bits per heavy atom. The fraction of sp³-hybridized carbons (Fsp3) is 0.500. The van der Waals surface area contributed by atoms with Gasteiger partial charge in [-0.05, 0) is 37.8 Å². The molecule has 0 saturated heterocycles. The molecule has 1 N–H and O–H groups in total. The fourth-order valence-electron chi connectivity index (χ4n) is 1.82. The summed E-state index contributed by atoms with van der Waals surface area (Å²) < 4.78 is 4.59. The highest BCUT2D eigenvalue weighted by molar-refractivity contribution is 6.43. The fourth-order valence-corrected chi connectivity index (χ4v) is 2.07. The molecule has 1 aliphatic rings. The summed E-state index contributed by atoms with van der Waals surface area (Å²) in [6.07, 6.45) is 1.28. The molecule has 94 valence electrons. The molecule has 0 bridgehead atoms. The second-order valence-corrected chi connectivity index (χ2v) is 4.34. The monoisotopic (exact) mass is 257 g/mol. The zero-order valence-corrected chi connectivity index (χ0v) is 11.0. The van der Waals surface area contributed by atoms with Crippen molar-refractivity contribution >= 4 is 23.3 Å². The summed E-state index contributed by atoms with van der Waals surface area (Å²) in [6.45, 7) is 4.03. The lowest BCUT2D eigenvalue weighted by Crippen LogP contribution is -2.22. The molecule has 17 heavy (non-hydrogen) atoms.